The number of halogens is 1. The first-order chi connectivity index (χ1) is 9.56. The maximum Gasteiger partial charge on any atom is 0.128 e. The number of hydrogen-bond donors (Lipinski definition) is 0. The van der Waals surface area contributed by atoms with Gasteiger partial charge in [-0.3, -0.25) is 0 Å². The molecule has 20 heavy (non-hydrogen) atoms. The molecule has 2 nitrogen and oxygen atoms in total. The topological polar surface area (TPSA) is 16.1 Å². The first kappa shape index (κ1) is 15.0. The summed E-state index contributed by atoms with van der Waals surface area (Å²) in [5.41, 5.74) is 2.77. The van der Waals surface area contributed by atoms with Crippen molar-refractivity contribution in [2.45, 2.75) is 26.2 Å². The Kier molecular flexibility index (Phi) is 5.18. The molecule has 0 unspecified atom stereocenters. The second-order valence-electron chi connectivity index (χ2n) is 5.40. The quantitative estimate of drug-likeness (QED) is 0.792. The van der Waals surface area contributed by atoms with Crippen LogP contribution in [0.2, 0.25) is 0 Å². The average molecular weight is 333 g/mol. The van der Waals surface area contributed by atoms with Crippen molar-refractivity contribution in [3.8, 4) is 0 Å². The molecular formula is C17H21BrN2. The lowest BCUT2D eigenvalue weighted by Gasteiger charge is -2.18. The van der Waals surface area contributed by atoms with Gasteiger partial charge in [0, 0.05) is 24.3 Å². The minimum atomic E-state index is 0.596. The minimum Gasteiger partial charge on any atom is -0.359 e. The fourth-order valence-corrected chi connectivity index (χ4v) is 2.31. The zero-order chi connectivity index (χ0) is 14.5. The van der Waals surface area contributed by atoms with E-state index in [4.69, 9.17) is 0 Å². The van der Waals surface area contributed by atoms with Crippen LogP contribution >= 0.6 is 15.9 Å². The van der Waals surface area contributed by atoms with Gasteiger partial charge in [0.25, 0.3) is 0 Å². The summed E-state index contributed by atoms with van der Waals surface area (Å²) in [5, 5.41) is 0. The number of rotatable bonds is 5. The third-order valence-corrected chi connectivity index (χ3v) is 3.95. The number of benzene rings is 1. The van der Waals surface area contributed by atoms with E-state index in [0.29, 0.717) is 5.92 Å². The van der Waals surface area contributed by atoms with Crippen LogP contribution in [0.3, 0.4) is 0 Å². The van der Waals surface area contributed by atoms with Crippen LogP contribution in [0.4, 0.5) is 5.82 Å². The number of hydrogen-bond acceptors (Lipinski definition) is 2. The number of anilines is 1. The zero-order valence-electron chi connectivity index (χ0n) is 12.3. The van der Waals surface area contributed by atoms with Crippen LogP contribution in [0.15, 0.2) is 47.1 Å². The maximum atomic E-state index is 4.41. The summed E-state index contributed by atoms with van der Waals surface area (Å²) in [6.07, 6.45) is 2.87. The molecule has 0 aliphatic carbocycles. The van der Waals surface area contributed by atoms with E-state index in [-0.39, 0.29) is 0 Å². The fraction of sp³-hybridized carbons (Fsp3) is 0.353. The Morgan fingerprint density at radius 2 is 1.80 bits per heavy atom. The SMILES string of the molecule is CC(C)c1ccc(CCN(C)c2ccc(Br)cn2)cc1. The van der Waals surface area contributed by atoms with E-state index >= 15 is 0 Å². The molecule has 2 aromatic rings. The largest absolute Gasteiger partial charge is 0.359 e. The molecule has 0 fully saturated rings. The Balaban J connectivity index is 1.92. The van der Waals surface area contributed by atoms with Gasteiger partial charge in [0.2, 0.25) is 0 Å². The molecule has 1 aromatic carbocycles. The Bertz CT molecular complexity index is 532. The molecule has 0 amide bonds. The monoisotopic (exact) mass is 332 g/mol. The highest BCUT2D eigenvalue weighted by Crippen LogP contribution is 2.16. The molecule has 0 saturated heterocycles. The molecule has 0 bridgehead atoms. The van der Waals surface area contributed by atoms with E-state index in [9.17, 15) is 0 Å². The average Bonchev–Trinajstić information content (AvgIpc) is 2.46. The van der Waals surface area contributed by atoms with Crippen LogP contribution in [-0.4, -0.2) is 18.6 Å². The number of aromatic nitrogens is 1. The lowest BCUT2D eigenvalue weighted by Crippen LogP contribution is -2.21. The van der Waals surface area contributed by atoms with Gasteiger partial charge in [0.15, 0.2) is 0 Å². The van der Waals surface area contributed by atoms with Crippen LogP contribution in [0.1, 0.15) is 30.9 Å². The van der Waals surface area contributed by atoms with E-state index in [1.54, 1.807) is 0 Å². The predicted octanol–water partition coefficient (Wildman–Crippen LogP) is 4.65. The van der Waals surface area contributed by atoms with Crippen molar-refractivity contribution in [3.63, 3.8) is 0 Å². The molecule has 0 aliphatic rings. The highest BCUT2D eigenvalue weighted by Gasteiger charge is 2.03. The molecule has 1 aromatic heterocycles. The lowest BCUT2D eigenvalue weighted by atomic mass is 10.0. The minimum absolute atomic E-state index is 0.596. The van der Waals surface area contributed by atoms with Gasteiger partial charge in [0.05, 0.1) is 0 Å². The number of likely N-dealkylation sites (N-methyl/N-ethyl adjacent to an activating group) is 1. The Morgan fingerprint density at radius 3 is 2.35 bits per heavy atom. The van der Waals surface area contributed by atoms with Gasteiger partial charge in [-0.2, -0.15) is 0 Å². The normalized spacial score (nSPS) is 10.8. The molecule has 0 saturated carbocycles. The second-order valence-corrected chi connectivity index (χ2v) is 6.32. The molecule has 3 heteroatoms. The van der Waals surface area contributed by atoms with E-state index in [0.717, 1.165) is 23.3 Å². The first-order valence-corrected chi connectivity index (χ1v) is 7.77. The van der Waals surface area contributed by atoms with Gasteiger partial charge >= 0.3 is 0 Å². The van der Waals surface area contributed by atoms with Gasteiger partial charge in [0.1, 0.15) is 5.82 Å². The van der Waals surface area contributed by atoms with E-state index in [1.807, 2.05) is 18.3 Å². The highest BCUT2D eigenvalue weighted by molar-refractivity contribution is 9.10. The highest BCUT2D eigenvalue weighted by atomic mass is 79.9. The first-order valence-electron chi connectivity index (χ1n) is 6.98. The summed E-state index contributed by atoms with van der Waals surface area (Å²) in [6.45, 7) is 5.42. The summed E-state index contributed by atoms with van der Waals surface area (Å²) in [6, 6.07) is 13.0. The van der Waals surface area contributed by atoms with Crippen LogP contribution < -0.4 is 4.90 Å². The summed E-state index contributed by atoms with van der Waals surface area (Å²) in [7, 11) is 2.08. The Hall–Kier alpha value is -1.35. The van der Waals surface area contributed by atoms with Crippen molar-refractivity contribution in [2.75, 3.05) is 18.5 Å². The maximum absolute atomic E-state index is 4.41. The fourth-order valence-electron chi connectivity index (χ4n) is 2.07. The van der Waals surface area contributed by atoms with Crippen molar-refractivity contribution in [2.24, 2.45) is 0 Å². The van der Waals surface area contributed by atoms with Crippen molar-refractivity contribution in [3.05, 3.63) is 58.2 Å². The van der Waals surface area contributed by atoms with Crippen LogP contribution in [0.25, 0.3) is 0 Å². The third-order valence-electron chi connectivity index (χ3n) is 3.49. The zero-order valence-corrected chi connectivity index (χ0v) is 13.9. The van der Waals surface area contributed by atoms with Gasteiger partial charge in [-0.15, -0.1) is 0 Å². The van der Waals surface area contributed by atoms with Crippen LogP contribution in [0, 0.1) is 0 Å². The van der Waals surface area contributed by atoms with E-state index in [2.05, 4.69) is 71.0 Å². The molecule has 2 rings (SSSR count). The molecule has 0 aliphatic heterocycles. The molecule has 0 radical (unpaired) electrons. The lowest BCUT2D eigenvalue weighted by molar-refractivity contribution is 0.848. The van der Waals surface area contributed by atoms with Crippen molar-refractivity contribution >= 4 is 21.7 Å². The second kappa shape index (κ2) is 6.89. The van der Waals surface area contributed by atoms with Crippen LogP contribution in [0.5, 0.6) is 0 Å². The Morgan fingerprint density at radius 1 is 1.10 bits per heavy atom. The smallest absolute Gasteiger partial charge is 0.128 e. The van der Waals surface area contributed by atoms with Gasteiger partial charge in [-0.1, -0.05) is 38.1 Å². The number of nitrogens with zero attached hydrogens (tertiary/aromatic N) is 2. The summed E-state index contributed by atoms with van der Waals surface area (Å²) in [5.74, 6) is 1.60. The summed E-state index contributed by atoms with van der Waals surface area (Å²) < 4.78 is 1.01. The molecule has 0 spiro atoms. The summed E-state index contributed by atoms with van der Waals surface area (Å²) >= 11 is 3.41. The summed E-state index contributed by atoms with van der Waals surface area (Å²) in [4.78, 5) is 6.59. The third kappa shape index (κ3) is 4.07. The van der Waals surface area contributed by atoms with Gasteiger partial charge in [-0.25, -0.2) is 4.98 Å². The molecule has 106 valence electrons. The van der Waals surface area contributed by atoms with E-state index in [1.165, 1.54) is 11.1 Å². The Labute approximate surface area is 130 Å². The van der Waals surface area contributed by atoms with Crippen molar-refractivity contribution < 1.29 is 0 Å². The van der Waals surface area contributed by atoms with Crippen molar-refractivity contribution in [1.29, 1.82) is 0 Å². The predicted molar refractivity (Wildman–Crippen MR) is 89.4 cm³/mol. The molecule has 1 heterocycles. The van der Waals surface area contributed by atoms with Crippen LogP contribution in [-0.2, 0) is 6.42 Å². The number of pyridine rings is 1. The van der Waals surface area contributed by atoms with Gasteiger partial charge in [-0.05, 0) is 51.5 Å². The van der Waals surface area contributed by atoms with Gasteiger partial charge < -0.3 is 4.90 Å². The van der Waals surface area contributed by atoms with Crippen molar-refractivity contribution in [1.82, 2.24) is 4.98 Å². The van der Waals surface area contributed by atoms with E-state index < -0.39 is 0 Å². The standard InChI is InChI=1S/C17H21BrN2/c1-13(2)15-6-4-14(5-7-15)10-11-20(3)17-9-8-16(18)12-19-17/h4-9,12-13H,10-11H2,1-3H3. The molecular weight excluding hydrogens is 312 g/mol. The molecule has 0 N–H and O–H groups in total. The molecule has 0 atom stereocenters.